The largest absolute Gasteiger partial charge is 0.164 e. The van der Waals surface area contributed by atoms with E-state index in [1.54, 1.807) is 0 Å². The van der Waals surface area contributed by atoms with Crippen molar-refractivity contribution in [3.8, 4) is 0 Å². The van der Waals surface area contributed by atoms with E-state index in [0.717, 1.165) is 4.58 Å². The van der Waals surface area contributed by atoms with E-state index >= 15 is 0 Å². The number of thioether (sulfide) groups is 2. The maximum absolute atomic E-state index is 4.29. The second kappa shape index (κ2) is 2.55. The molecule has 0 spiro atoms. The Hall–Kier alpha value is 1.05. The molecule has 0 radical (unpaired) electrons. The van der Waals surface area contributed by atoms with Crippen molar-refractivity contribution < 1.29 is 0 Å². The van der Waals surface area contributed by atoms with E-state index in [1.165, 1.54) is 5.75 Å². The van der Waals surface area contributed by atoms with Crippen LogP contribution in [0.2, 0.25) is 0 Å². The van der Waals surface area contributed by atoms with Crippen molar-refractivity contribution in [2.45, 2.75) is 16.1 Å². The molecule has 0 aromatic carbocycles. The first-order valence-corrected chi connectivity index (χ1v) is 4.75. The van der Waals surface area contributed by atoms with E-state index in [4.69, 9.17) is 0 Å². The van der Waals surface area contributed by atoms with Gasteiger partial charge in [0.25, 0.3) is 0 Å². The van der Waals surface area contributed by atoms with E-state index in [-0.39, 0.29) is 0 Å². The molecule has 2 atom stereocenters. The number of rotatable bonds is 0. The minimum atomic E-state index is 0.597. The maximum Gasteiger partial charge on any atom is 0.0574 e. The van der Waals surface area contributed by atoms with Crippen LogP contribution in [0.25, 0.3) is 0 Å². The molecule has 1 saturated heterocycles. The van der Waals surface area contributed by atoms with Crippen LogP contribution < -0.4 is 0 Å². The third-order valence-corrected chi connectivity index (χ3v) is 4.43. The molecule has 1 fully saturated rings. The summed E-state index contributed by atoms with van der Waals surface area (Å²) in [4.78, 5) is 0. The molecule has 42 valence electrons. The lowest BCUT2D eigenvalue weighted by molar-refractivity contribution is 1.44. The van der Waals surface area contributed by atoms with Crippen LogP contribution >= 0.6 is 36.2 Å². The smallest absolute Gasteiger partial charge is 0.0574 e. The summed E-state index contributed by atoms with van der Waals surface area (Å²) in [5.41, 5.74) is 0. The Labute approximate surface area is 58.2 Å². The Kier molecular flexibility index (Phi) is 2.25. The fourth-order valence-electron chi connectivity index (χ4n) is 0.518. The summed E-state index contributed by atoms with van der Waals surface area (Å²) in [5, 5.41) is 0. The summed E-state index contributed by atoms with van der Waals surface area (Å²) >= 11 is 8.23. The van der Waals surface area contributed by atoms with Crippen LogP contribution in [0, 0.1) is 0 Å². The highest BCUT2D eigenvalue weighted by Gasteiger charge is 2.17. The number of thiol groups is 1. The normalized spacial score (nSPS) is 42.0. The van der Waals surface area contributed by atoms with E-state index in [1.807, 2.05) is 23.5 Å². The third kappa shape index (κ3) is 1.78. The van der Waals surface area contributed by atoms with Crippen LogP contribution in [0.1, 0.15) is 6.92 Å². The highest BCUT2D eigenvalue weighted by atomic mass is 32.2. The highest BCUT2D eigenvalue weighted by molar-refractivity contribution is 8.25. The van der Waals surface area contributed by atoms with Gasteiger partial charge in [-0.1, -0.05) is 0 Å². The zero-order valence-corrected chi connectivity index (χ0v) is 6.65. The first-order valence-electron chi connectivity index (χ1n) is 2.24. The van der Waals surface area contributed by atoms with Crippen molar-refractivity contribution in [1.29, 1.82) is 0 Å². The minimum Gasteiger partial charge on any atom is -0.164 e. The van der Waals surface area contributed by atoms with Gasteiger partial charge in [-0.15, -0.1) is 23.5 Å². The van der Waals surface area contributed by atoms with Gasteiger partial charge in [0.05, 0.1) is 4.58 Å². The van der Waals surface area contributed by atoms with Gasteiger partial charge in [-0.2, -0.15) is 12.6 Å². The lowest BCUT2D eigenvalue weighted by atomic mass is 10.9. The van der Waals surface area contributed by atoms with Crippen LogP contribution in [0.5, 0.6) is 0 Å². The Morgan fingerprint density at radius 3 is 2.57 bits per heavy atom. The minimum absolute atomic E-state index is 0.597. The highest BCUT2D eigenvalue weighted by Crippen LogP contribution is 2.38. The molecule has 1 heterocycles. The van der Waals surface area contributed by atoms with Gasteiger partial charge in [-0.25, -0.2) is 0 Å². The fourth-order valence-corrected chi connectivity index (χ4v) is 3.95. The molecule has 3 heteroatoms. The average molecular weight is 152 g/mol. The van der Waals surface area contributed by atoms with Crippen LogP contribution in [0.3, 0.4) is 0 Å². The summed E-state index contributed by atoms with van der Waals surface area (Å²) < 4.78 is 1.38. The zero-order valence-electron chi connectivity index (χ0n) is 4.13. The van der Waals surface area contributed by atoms with Crippen molar-refractivity contribution >= 4 is 36.2 Å². The van der Waals surface area contributed by atoms with E-state index in [0.29, 0.717) is 4.58 Å². The summed E-state index contributed by atoms with van der Waals surface area (Å²) in [5.74, 6) is 1.22. The Morgan fingerprint density at radius 1 is 1.71 bits per heavy atom. The van der Waals surface area contributed by atoms with Crippen LogP contribution in [0.15, 0.2) is 0 Å². The summed E-state index contributed by atoms with van der Waals surface area (Å²) in [7, 11) is 0. The van der Waals surface area contributed by atoms with Gasteiger partial charge in [0, 0.05) is 10.3 Å². The SMILES string of the molecule is CC1SCC(S)S1. The van der Waals surface area contributed by atoms with Crippen LogP contribution in [-0.4, -0.2) is 14.9 Å². The third-order valence-electron chi connectivity index (χ3n) is 0.822. The first kappa shape index (κ1) is 6.17. The molecule has 7 heavy (non-hydrogen) atoms. The van der Waals surface area contributed by atoms with Crippen LogP contribution in [-0.2, 0) is 0 Å². The average Bonchev–Trinajstić information content (AvgIpc) is 1.87. The van der Waals surface area contributed by atoms with Gasteiger partial charge in [0.1, 0.15) is 0 Å². The van der Waals surface area contributed by atoms with Gasteiger partial charge in [-0.3, -0.25) is 0 Å². The van der Waals surface area contributed by atoms with Crippen molar-refractivity contribution in [3.05, 3.63) is 0 Å². The molecule has 2 unspecified atom stereocenters. The van der Waals surface area contributed by atoms with Gasteiger partial charge in [-0.05, 0) is 6.92 Å². The van der Waals surface area contributed by atoms with Crippen molar-refractivity contribution in [2.75, 3.05) is 5.75 Å². The molecule has 0 aliphatic carbocycles. The second-order valence-corrected chi connectivity index (χ2v) is 5.68. The summed E-state index contributed by atoms with van der Waals surface area (Å²) in [6.07, 6.45) is 0. The Bertz CT molecular complexity index is 56.0. The van der Waals surface area contributed by atoms with Crippen molar-refractivity contribution in [1.82, 2.24) is 0 Å². The molecule has 0 nitrogen and oxygen atoms in total. The first-order chi connectivity index (χ1) is 3.29. The van der Waals surface area contributed by atoms with Gasteiger partial charge in [0.2, 0.25) is 0 Å². The lowest BCUT2D eigenvalue weighted by Gasteiger charge is -1.94. The standard InChI is InChI=1S/C4H8S3/c1-3-6-2-4(5)7-3/h3-5H,2H2,1H3. The van der Waals surface area contributed by atoms with Crippen LogP contribution in [0.4, 0.5) is 0 Å². The predicted octanol–water partition coefficient (Wildman–Crippen LogP) is 2.07. The molecule has 0 saturated carbocycles. The molecular formula is C4H8S3. The predicted molar refractivity (Wildman–Crippen MR) is 42.3 cm³/mol. The zero-order chi connectivity index (χ0) is 5.28. The fraction of sp³-hybridized carbons (Fsp3) is 1.00. The van der Waals surface area contributed by atoms with Crippen molar-refractivity contribution in [3.63, 3.8) is 0 Å². The Balaban J connectivity index is 2.26. The van der Waals surface area contributed by atoms with Crippen molar-refractivity contribution in [2.24, 2.45) is 0 Å². The lowest BCUT2D eigenvalue weighted by Crippen LogP contribution is -1.84. The summed E-state index contributed by atoms with van der Waals surface area (Å²) in [6, 6.07) is 0. The van der Waals surface area contributed by atoms with Gasteiger partial charge in [0.15, 0.2) is 0 Å². The number of hydrogen-bond acceptors (Lipinski definition) is 3. The molecule has 0 bridgehead atoms. The van der Waals surface area contributed by atoms with E-state index in [2.05, 4.69) is 19.6 Å². The molecule has 1 aliphatic heterocycles. The quantitative estimate of drug-likeness (QED) is 0.528. The maximum atomic E-state index is 4.29. The van der Waals surface area contributed by atoms with Gasteiger partial charge < -0.3 is 0 Å². The molecule has 0 N–H and O–H groups in total. The molecule has 1 aliphatic rings. The van der Waals surface area contributed by atoms with Gasteiger partial charge >= 0.3 is 0 Å². The Morgan fingerprint density at radius 2 is 2.43 bits per heavy atom. The molecule has 0 aromatic rings. The molecule has 1 rings (SSSR count). The molecule has 0 aromatic heterocycles. The summed E-state index contributed by atoms with van der Waals surface area (Å²) in [6.45, 7) is 2.23. The van der Waals surface area contributed by atoms with E-state index in [9.17, 15) is 0 Å². The number of hydrogen-bond donors (Lipinski definition) is 1. The van der Waals surface area contributed by atoms with E-state index < -0.39 is 0 Å². The monoisotopic (exact) mass is 152 g/mol. The molecular weight excluding hydrogens is 144 g/mol. The topological polar surface area (TPSA) is 0 Å². The second-order valence-electron chi connectivity index (χ2n) is 1.49. The molecule has 0 amide bonds.